The third-order valence-corrected chi connectivity index (χ3v) is 4.60. The summed E-state index contributed by atoms with van der Waals surface area (Å²) in [6.07, 6.45) is 4.82. The molecule has 6 nitrogen and oxygen atoms in total. The SMILES string of the molecule is COc1cc(CNC(=O)C[C@@H]2CCCO2)ccc1OC[C@H]1CCCO1. The van der Waals surface area contributed by atoms with Crippen molar-refractivity contribution < 1.29 is 23.7 Å². The second-order valence-corrected chi connectivity index (χ2v) is 6.55. The average Bonchev–Trinajstić information content (AvgIpc) is 3.32. The fourth-order valence-electron chi connectivity index (χ4n) is 3.18. The van der Waals surface area contributed by atoms with Gasteiger partial charge in [0.25, 0.3) is 0 Å². The Morgan fingerprint density at radius 1 is 1.16 bits per heavy atom. The summed E-state index contributed by atoms with van der Waals surface area (Å²) in [5.74, 6) is 1.39. The van der Waals surface area contributed by atoms with E-state index in [4.69, 9.17) is 18.9 Å². The molecule has 0 aromatic heterocycles. The van der Waals surface area contributed by atoms with Gasteiger partial charge in [-0.2, -0.15) is 0 Å². The number of ether oxygens (including phenoxy) is 4. The Balaban J connectivity index is 1.48. The maximum absolute atomic E-state index is 12.0. The molecule has 0 aliphatic carbocycles. The Kier molecular flexibility index (Phi) is 6.53. The number of nitrogens with one attached hydrogen (secondary N) is 1. The first-order valence-corrected chi connectivity index (χ1v) is 9.04. The van der Waals surface area contributed by atoms with Crippen molar-refractivity contribution in [1.82, 2.24) is 5.32 Å². The first-order chi connectivity index (χ1) is 12.2. The molecular formula is C19H27NO5. The molecule has 0 saturated carbocycles. The summed E-state index contributed by atoms with van der Waals surface area (Å²) in [6, 6.07) is 5.73. The van der Waals surface area contributed by atoms with E-state index in [0.29, 0.717) is 31.1 Å². The first-order valence-electron chi connectivity index (χ1n) is 9.04. The zero-order valence-electron chi connectivity index (χ0n) is 14.8. The van der Waals surface area contributed by atoms with Gasteiger partial charge in [-0.3, -0.25) is 4.79 Å². The van der Waals surface area contributed by atoms with E-state index in [-0.39, 0.29) is 18.1 Å². The molecule has 2 aliphatic rings. The number of benzene rings is 1. The molecular weight excluding hydrogens is 322 g/mol. The third kappa shape index (κ3) is 5.34. The van der Waals surface area contributed by atoms with Crippen molar-refractivity contribution in [3.05, 3.63) is 23.8 Å². The molecule has 1 amide bonds. The summed E-state index contributed by atoms with van der Waals surface area (Å²) in [6.45, 7) is 2.58. The molecule has 0 spiro atoms. The number of carbonyl (C=O) groups is 1. The highest BCUT2D eigenvalue weighted by Crippen LogP contribution is 2.29. The lowest BCUT2D eigenvalue weighted by Crippen LogP contribution is -2.26. The number of hydrogen-bond acceptors (Lipinski definition) is 5. The molecule has 2 aliphatic heterocycles. The minimum absolute atomic E-state index is 0.0181. The van der Waals surface area contributed by atoms with Crippen LogP contribution in [-0.4, -0.2) is 45.0 Å². The highest BCUT2D eigenvalue weighted by Gasteiger charge is 2.19. The molecule has 2 atom stereocenters. The van der Waals surface area contributed by atoms with Crippen molar-refractivity contribution in [2.75, 3.05) is 26.9 Å². The van der Waals surface area contributed by atoms with Gasteiger partial charge in [-0.25, -0.2) is 0 Å². The minimum Gasteiger partial charge on any atom is -0.493 e. The minimum atomic E-state index is 0.0181. The van der Waals surface area contributed by atoms with Crippen LogP contribution in [0.3, 0.4) is 0 Å². The summed E-state index contributed by atoms with van der Waals surface area (Å²) >= 11 is 0. The molecule has 6 heteroatoms. The van der Waals surface area contributed by atoms with Crippen molar-refractivity contribution in [1.29, 1.82) is 0 Å². The van der Waals surface area contributed by atoms with Crippen LogP contribution in [0.2, 0.25) is 0 Å². The predicted molar refractivity (Wildman–Crippen MR) is 92.9 cm³/mol. The van der Waals surface area contributed by atoms with Gasteiger partial charge in [0.05, 0.1) is 25.7 Å². The maximum Gasteiger partial charge on any atom is 0.222 e. The normalized spacial score (nSPS) is 22.8. The monoisotopic (exact) mass is 349 g/mol. The molecule has 0 unspecified atom stereocenters. The standard InChI is InChI=1S/C19H27NO5/c1-22-18-10-14(12-20-19(21)11-15-4-2-8-23-15)6-7-17(18)25-13-16-5-3-9-24-16/h6-7,10,15-16H,2-5,8-9,11-13H2,1H3,(H,20,21)/t15-,16+/m0/s1. The van der Waals surface area contributed by atoms with Crippen molar-refractivity contribution in [2.24, 2.45) is 0 Å². The van der Waals surface area contributed by atoms with Crippen LogP contribution in [0.15, 0.2) is 18.2 Å². The Labute approximate surface area is 148 Å². The molecule has 1 aromatic rings. The molecule has 2 fully saturated rings. The molecule has 1 N–H and O–H groups in total. The average molecular weight is 349 g/mol. The van der Waals surface area contributed by atoms with Crippen LogP contribution in [0, 0.1) is 0 Å². The summed E-state index contributed by atoms with van der Waals surface area (Å²) in [5, 5.41) is 2.94. The van der Waals surface area contributed by atoms with E-state index in [0.717, 1.165) is 44.5 Å². The van der Waals surface area contributed by atoms with E-state index in [1.807, 2.05) is 18.2 Å². The Bertz CT molecular complexity index is 565. The number of hydrogen-bond donors (Lipinski definition) is 1. The van der Waals surface area contributed by atoms with Gasteiger partial charge in [-0.15, -0.1) is 0 Å². The lowest BCUT2D eigenvalue weighted by atomic mass is 10.1. The number of methoxy groups -OCH3 is 1. The van der Waals surface area contributed by atoms with Gasteiger partial charge in [0.2, 0.25) is 5.91 Å². The van der Waals surface area contributed by atoms with E-state index in [2.05, 4.69) is 5.32 Å². The maximum atomic E-state index is 12.0. The fourth-order valence-corrected chi connectivity index (χ4v) is 3.18. The zero-order chi connectivity index (χ0) is 17.5. The van der Waals surface area contributed by atoms with Gasteiger partial charge in [-0.05, 0) is 43.4 Å². The first kappa shape index (κ1) is 18.0. The van der Waals surface area contributed by atoms with Gasteiger partial charge in [-0.1, -0.05) is 6.07 Å². The molecule has 2 saturated heterocycles. The van der Waals surface area contributed by atoms with E-state index in [1.54, 1.807) is 7.11 Å². The summed E-state index contributed by atoms with van der Waals surface area (Å²) < 4.78 is 22.3. The molecule has 0 radical (unpaired) electrons. The van der Waals surface area contributed by atoms with Crippen molar-refractivity contribution in [3.63, 3.8) is 0 Å². The second-order valence-electron chi connectivity index (χ2n) is 6.55. The van der Waals surface area contributed by atoms with Crippen molar-refractivity contribution in [3.8, 4) is 11.5 Å². The molecule has 25 heavy (non-hydrogen) atoms. The zero-order valence-corrected chi connectivity index (χ0v) is 14.8. The lowest BCUT2D eigenvalue weighted by Gasteiger charge is -2.15. The smallest absolute Gasteiger partial charge is 0.222 e. The van der Waals surface area contributed by atoms with Crippen LogP contribution in [0.25, 0.3) is 0 Å². The van der Waals surface area contributed by atoms with E-state index in [1.165, 1.54) is 0 Å². The van der Waals surface area contributed by atoms with E-state index >= 15 is 0 Å². The Morgan fingerprint density at radius 3 is 2.60 bits per heavy atom. The van der Waals surface area contributed by atoms with Crippen LogP contribution in [0.1, 0.15) is 37.7 Å². The summed E-state index contributed by atoms with van der Waals surface area (Å²) in [5.41, 5.74) is 0.974. The van der Waals surface area contributed by atoms with Crippen molar-refractivity contribution >= 4 is 5.91 Å². The topological polar surface area (TPSA) is 66.0 Å². The molecule has 1 aromatic carbocycles. The van der Waals surface area contributed by atoms with Gasteiger partial charge < -0.3 is 24.3 Å². The van der Waals surface area contributed by atoms with Crippen LogP contribution >= 0.6 is 0 Å². The van der Waals surface area contributed by atoms with Crippen LogP contribution < -0.4 is 14.8 Å². The Hall–Kier alpha value is -1.79. The van der Waals surface area contributed by atoms with Crippen LogP contribution in [0.5, 0.6) is 11.5 Å². The highest BCUT2D eigenvalue weighted by molar-refractivity contribution is 5.76. The largest absolute Gasteiger partial charge is 0.493 e. The lowest BCUT2D eigenvalue weighted by molar-refractivity contribution is -0.123. The summed E-state index contributed by atoms with van der Waals surface area (Å²) in [4.78, 5) is 12.0. The highest BCUT2D eigenvalue weighted by atomic mass is 16.5. The number of rotatable bonds is 8. The van der Waals surface area contributed by atoms with E-state index < -0.39 is 0 Å². The fraction of sp³-hybridized carbons (Fsp3) is 0.632. The van der Waals surface area contributed by atoms with Crippen molar-refractivity contribution in [2.45, 2.75) is 50.9 Å². The van der Waals surface area contributed by atoms with Crippen LogP contribution in [0.4, 0.5) is 0 Å². The second kappa shape index (κ2) is 9.06. The van der Waals surface area contributed by atoms with Gasteiger partial charge in [0.1, 0.15) is 6.61 Å². The number of carbonyl (C=O) groups excluding carboxylic acids is 1. The molecule has 138 valence electrons. The predicted octanol–water partition coefficient (Wildman–Crippen LogP) is 2.44. The summed E-state index contributed by atoms with van der Waals surface area (Å²) in [7, 11) is 1.62. The van der Waals surface area contributed by atoms with Gasteiger partial charge in [0, 0.05) is 19.8 Å². The Morgan fingerprint density at radius 2 is 1.92 bits per heavy atom. The van der Waals surface area contributed by atoms with E-state index in [9.17, 15) is 4.79 Å². The molecule has 0 bridgehead atoms. The van der Waals surface area contributed by atoms with Gasteiger partial charge >= 0.3 is 0 Å². The molecule has 2 heterocycles. The molecule has 3 rings (SSSR count). The van der Waals surface area contributed by atoms with Crippen LogP contribution in [-0.2, 0) is 20.8 Å². The number of amides is 1. The third-order valence-electron chi connectivity index (χ3n) is 4.60. The quantitative estimate of drug-likeness (QED) is 0.781. The van der Waals surface area contributed by atoms with Gasteiger partial charge in [0.15, 0.2) is 11.5 Å².